The van der Waals surface area contributed by atoms with Crippen LogP contribution in [-0.2, 0) is 29.5 Å². The molecule has 242 valence electrons. The monoisotopic (exact) mass is 668 g/mol. The standard InChI is InChI=1S/C22H28N12O9S2/c23-16-12-17(26-5-25-16)33(6-27-12)21-15(36)10-8(42-21)1-3-45(40,41)32-11-14(35)9(2-4-44(38,39)31-10)43-20(11)34-7-28-13-18(34)29-22(24)30-19(13)37/h5-11,14-15,20-21,31-32,35-36H,1-4H2,(H2,23,25,26)(H3,24,29,30,37)/t8-,9-,10?,11+,14?,15+,20-,21-/m1/s1. The van der Waals surface area contributed by atoms with E-state index >= 15 is 0 Å². The molecule has 3 aliphatic heterocycles. The summed E-state index contributed by atoms with van der Waals surface area (Å²) in [7, 11) is -8.37. The molecular weight excluding hydrogens is 640 g/mol. The molecule has 8 atom stereocenters. The van der Waals surface area contributed by atoms with E-state index in [1.54, 1.807) is 0 Å². The van der Waals surface area contributed by atoms with Crippen molar-refractivity contribution in [1.29, 1.82) is 0 Å². The topological polar surface area (TPSA) is 310 Å². The number of aromatic nitrogens is 8. The molecule has 4 aromatic heterocycles. The number of aromatic amines is 1. The number of aliphatic hydroxyl groups excluding tert-OH is 2. The van der Waals surface area contributed by atoms with Crippen molar-refractivity contribution in [2.45, 2.75) is 61.8 Å². The summed E-state index contributed by atoms with van der Waals surface area (Å²) in [6.45, 7) is 0. The van der Waals surface area contributed by atoms with Gasteiger partial charge in [-0.05, 0) is 12.8 Å². The fourth-order valence-corrected chi connectivity index (χ4v) is 8.67. The summed E-state index contributed by atoms with van der Waals surface area (Å²) < 4.78 is 73.0. The largest absolute Gasteiger partial charge is 0.389 e. The summed E-state index contributed by atoms with van der Waals surface area (Å²) in [4.78, 5) is 34.9. The van der Waals surface area contributed by atoms with Gasteiger partial charge in [-0.3, -0.25) is 18.9 Å². The Labute approximate surface area is 253 Å². The van der Waals surface area contributed by atoms with E-state index in [1.165, 1.54) is 28.1 Å². The summed E-state index contributed by atoms with van der Waals surface area (Å²) in [6.07, 6.45) is -4.60. The van der Waals surface area contributed by atoms with Crippen LogP contribution in [0.4, 0.5) is 11.8 Å². The van der Waals surface area contributed by atoms with Crippen LogP contribution >= 0.6 is 0 Å². The van der Waals surface area contributed by atoms with Crippen LogP contribution in [0.2, 0.25) is 0 Å². The maximum absolute atomic E-state index is 13.4. The van der Waals surface area contributed by atoms with E-state index in [1.807, 2.05) is 0 Å². The first-order valence-electron chi connectivity index (χ1n) is 13.6. The normalized spacial score (nSPS) is 33.4. The van der Waals surface area contributed by atoms with Crippen LogP contribution in [0, 0.1) is 0 Å². The maximum atomic E-state index is 13.4. The van der Waals surface area contributed by atoms with Crippen LogP contribution < -0.4 is 26.5 Å². The minimum absolute atomic E-state index is 0.0324. The number of aliphatic hydroxyl groups is 2. The van der Waals surface area contributed by atoms with Crippen molar-refractivity contribution in [2.24, 2.45) is 0 Å². The number of nitrogens with one attached hydrogen (secondary N) is 3. The molecule has 3 fully saturated rings. The molecule has 0 aromatic carbocycles. The molecular formula is C22H28N12O9S2. The Morgan fingerprint density at radius 2 is 1.42 bits per heavy atom. The number of rotatable bonds is 2. The van der Waals surface area contributed by atoms with E-state index < -0.39 is 86.1 Å². The van der Waals surface area contributed by atoms with Crippen molar-refractivity contribution < 1.29 is 36.5 Å². The molecule has 0 saturated carbocycles. The Hall–Kier alpha value is -3.84. The third kappa shape index (κ3) is 5.19. The van der Waals surface area contributed by atoms with Gasteiger partial charge in [0.15, 0.2) is 35.1 Å². The number of hydrogen-bond acceptors (Lipinski definition) is 16. The Morgan fingerprint density at radius 1 is 0.800 bits per heavy atom. The molecule has 9 N–H and O–H groups in total. The van der Waals surface area contributed by atoms with Crippen LogP contribution in [0.3, 0.4) is 0 Å². The smallest absolute Gasteiger partial charge is 0.280 e. The first-order valence-corrected chi connectivity index (χ1v) is 16.9. The lowest BCUT2D eigenvalue weighted by molar-refractivity contribution is -0.0353. The van der Waals surface area contributed by atoms with Crippen LogP contribution in [0.5, 0.6) is 0 Å². The average Bonchev–Trinajstić information content (AvgIpc) is 3.72. The summed E-state index contributed by atoms with van der Waals surface area (Å²) >= 11 is 0. The lowest BCUT2D eigenvalue weighted by Crippen LogP contribution is -2.49. The van der Waals surface area contributed by atoms with Gasteiger partial charge in [0.25, 0.3) is 5.56 Å². The van der Waals surface area contributed by atoms with Gasteiger partial charge in [0.2, 0.25) is 26.0 Å². The molecule has 3 saturated heterocycles. The van der Waals surface area contributed by atoms with Crippen LogP contribution in [0.25, 0.3) is 22.3 Å². The SMILES string of the molecule is Nc1nc2c(ncn2[C@@H]2O[C@@H]3CCS(=O)(=O)NC4[C@@H](CCS(=O)(=O)N[C@H]2C3O)O[C@@H](n2cnc3c(N)ncnc32)[C@H]4O)c(=O)[nH]1. The molecule has 3 aliphatic rings. The van der Waals surface area contributed by atoms with Crippen molar-refractivity contribution in [2.75, 3.05) is 23.0 Å². The molecule has 2 bridgehead atoms. The van der Waals surface area contributed by atoms with Crippen molar-refractivity contribution in [3.8, 4) is 0 Å². The number of H-pyrrole nitrogens is 1. The number of ether oxygens (including phenoxy) is 2. The van der Waals surface area contributed by atoms with Gasteiger partial charge in [-0.1, -0.05) is 0 Å². The molecule has 4 aromatic rings. The number of hydrogen-bond donors (Lipinski definition) is 7. The van der Waals surface area contributed by atoms with E-state index in [2.05, 4.69) is 39.3 Å². The molecule has 0 radical (unpaired) electrons. The zero-order valence-corrected chi connectivity index (χ0v) is 24.7. The quantitative estimate of drug-likeness (QED) is 0.107. The molecule has 7 heterocycles. The van der Waals surface area contributed by atoms with E-state index in [9.17, 15) is 31.8 Å². The molecule has 2 unspecified atom stereocenters. The number of anilines is 2. The van der Waals surface area contributed by atoms with E-state index in [4.69, 9.17) is 20.9 Å². The van der Waals surface area contributed by atoms with Crippen molar-refractivity contribution >= 4 is 54.1 Å². The van der Waals surface area contributed by atoms with E-state index in [0.29, 0.717) is 0 Å². The number of imidazole rings is 2. The van der Waals surface area contributed by atoms with E-state index in [0.717, 1.165) is 0 Å². The third-order valence-corrected chi connectivity index (χ3v) is 10.9. The molecule has 0 aliphatic carbocycles. The first kappa shape index (κ1) is 29.8. The predicted molar refractivity (Wildman–Crippen MR) is 153 cm³/mol. The summed E-state index contributed by atoms with van der Waals surface area (Å²) in [5, 5.41) is 22.4. The number of nitrogens with two attached hydrogens (primary N) is 2. The second-order valence-corrected chi connectivity index (χ2v) is 14.7. The highest BCUT2D eigenvalue weighted by atomic mass is 32.2. The minimum atomic E-state index is -4.21. The van der Waals surface area contributed by atoms with Crippen LogP contribution in [0.1, 0.15) is 25.3 Å². The molecule has 7 rings (SSSR count). The van der Waals surface area contributed by atoms with Gasteiger partial charge in [-0.25, -0.2) is 46.2 Å². The highest BCUT2D eigenvalue weighted by Gasteiger charge is 2.50. The van der Waals surface area contributed by atoms with Crippen molar-refractivity contribution in [1.82, 2.24) is 48.5 Å². The Balaban J connectivity index is 1.21. The van der Waals surface area contributed by atoms with Gasteiger partial charge >= 0.3 is 0 Å². The zero-order chi connectivity index (χ0) is 31.8. The molecule has 0 amide bonds. The average molecular weight is 669 g/mol. The first-order chi connectivity index (χ1) is 21.3. The third-order valence-electron chi connectivity index (χ3n) is 8.10. The maximum Gasteiger partial charge on any atom is 0.280 e. The number of nitrogen functional groups attached to an aromatic ring is 2. The molecule has 21 nitrogen and oxygen atoms in total. The van der Waals surface area contributed by atoms with Gasteiger partial charge in [0, 0.05) is 0 Å². The fraction of sp³-hybridized carbons (Fsp3) is 0.545. The fourth-order valence-electron chi connectivity index (χ4n) is 5.97. The molecule has 23 heteroatoms. The highest BCUT2D eigenvalue weighted by Crippen LogP contribution is 2.36. The van der Waals surface area contributed by atoms with Gasteiger partial charge in [0.1, 0.15) is 24.1 Å². The molecule has 45 heavy (non-hydrogen) atoms. The number of nitrogens with zero attached hydrogens (tertiary/aromatic N) is 7. The van der Waals surface area contributed by atoms with Gasteiger partial charge < -0.3 is 31.2 Å². The van der Waals surface area contributed by atoms with Crippen LogP contribution in [0.15, 0.2) is 23.8 Å². The Bertz CT molecular complexity index is 2070. The zero-order valence-electron chi connectivity index (χ0n) is 23.0. The summed E-state index contributed by atoms with van der Waals surface area (Å²) in [5.41, 5.74) is 11.2. The number of fused-ring (bicyclic) bond motifs is 5. The Morgan fingerprint density at radius 3 is 2.16 bits per heavy atom. The lowest BCUT2D eigenvalue weighted by atomic mass is 10.1. The Kier molecular flexibility index (Phi) is 7.04. The number of sulfonamides is 2. The minimum Gasteiger partial charge on any atom is -0.389 e. The lowest BCUT2D eigenvalue weighted by Gasteiger charge is -2.24. The van der Waals surface area contributed by atoms with Gasteiger partial charge in [0.05, 0.1) is 48.5 Å². The van der Waals surface area contributed by atoms with Gasteiger partial charge in [-0.15, -0.1) is 0 Å². The summed E-state index contributed by atoms with van der Waals surface area (Å²) in [6, 6.07) is -2.59. The predicted octanol–water partition coefficient (Wildman–Crippen LogP) is -3.99. The summed E-state index contributed by atoms with van der Waals surface area (Å²) in [5.74, 6) is -1.30. The van der Waals surface area contributed by atoms with Crippen molar-refractivity contribution in [3.05, 3.63) is 29.3 Å². The van der Waals surface area contributed by atoms with Crippen molar-refractivity contribution in [3.63, 3.8) is 0 Å². The van der Waals surface area contributed by atoms with Crippen LogP contribution in [-0.4, -0.2) is 114 Å². The second-order valence-electron chi connectivity index (χ2n) is 11.0. The van der Waals surface area contributed by atoms with E-state index in [-0.39, 0.29) is 46.9 Å². The van der Waals surface area contributed by atoms with Gasteiger partial charge in [-0.2, -0.15) is 4.98 Å². The highest BCUT2D eigenvalue weighted by molar-refractivity contribution is 7.89. The molecule has 0 spiro atoms. The second kappa shape index (κ2) is 10.6.